The molecule has 0 aromatic heterocycles. The van der Waals surface area contributed by atoms with Gasteiger partial charge in [-0.25, -0.2) is 0 Å². The predicted octanol–water partition coefficient (Wildman–Crippen LogP) is 1.31. The molecule has 0 saturated carbocycles. The van der Waals surface area contributed by atoms with Crippen LogP contribution in [0.4, 0.5) is 0 Å². The van der Waals surface area contributed by atoms with Gasteiger partial charge in [-0.05, 0) is 6.54 Å². The monoisotopic (exact) mass is 193 g/mol. The largest absolute Gasteiger partial charge is 0.348 e. The van der Waals surface area contributed by atoms with Gasteiger partial charge in [0, 0.05) is 11.5 Å². The van der Waals surface area contributed by atoms with E-state index in [4.69, 9.17) is 15.2 Å². The predicted molar refractivity (Wildman–Crippen MR) is 53.6 cm³/mol. The Labute approximate surface area is 83.8 Å². The highest BCUT2D eigenvalue weighted by Crippen LogP contribution is 2.24. The number of ether oxygens (including phenoxy) is 2. The molecule has 14 heavy (non-hydrogen) atoms. The molecular formula is C11H15NO2. The SMILES string of the molecule is NCC1COC(c2ccccc2)OC1. The van der Waals surface area contributed by atoms with Crippen LogP contribution in [0.2, 0.25) is 0 Å². The van der Waals surface area contributed by atoms with Crippen LogP contribution in [0.5, 0.6) is 0 Å². The molecule has 76 valence electrons. The maximum Gasteiger partial charge on any atom is 0.183 e. The molecule has 1 saturated heterocycles. The molecule has 0 radical (unpaired) electrons. The van der Waals surface area contributed by atoms with Crippen LogP contribution >= 0.6 is 0 Å². The fourth-order valence-corrected chi connectivity index (χ4v) is 1.48. The lowest BCUT2D eigenvalue weighted by Gasteiger charge is -2.28. The van der Waals surface area contributed by atoms with Gasteiger partial charge in [0.15, 0.2) is 6.29 Å². The van der Waals surface area contributed by atoms with E-state index in [1.807, 2.05) is 30.3 Å². The zero-order valence-corrected chi connectivity index (χ0v) is 8.06. The maximum absolute atomic E-state index is 5.57. The molecule has 1 aliphatic heterocycles. The van der Waals surface area contributed by atoms with Gasteiger partial charge < -0.3 is 15.2 Å². The molecule has 1 heterocycles. The number of nitrogens with two attached hydrogens (primary N) is 1. The standard InChI is InChI=1S/C11H15NO2/c12-6-9-7-13-11(14-8-9)10-4-2-1-3-5-10/h1-5,9,11H,6-8,12H2. The molecule has 1 aromatic rings. The zero-order chi connectivity index (χ0) is 9.80. The minimum atomic E-state index is -0.209. The molecule has 0 unspecified atom stereocenters. The summed E-state index contributed by atoms with van der Waals surface area (Å²) < 4.78 is 11.1. The van der Waals surface area contributed by atoms with Gasteiger partial charge in [-0.1, -0.05) is 30.3 Å². The Balaban J connectivity index is 1.96. The highest BCUT2D eigenvalue weighted by Gasteiger charge is 2.21. The van der Waals surface area contributed by atoms with E-state index in [-0.39, 0.29) is 6.29 Å². The Bertz CT molecular complexity index is 268. The number of rotatable bonds is 2. The molecule has 0 amide bonds. The van der Waals surface area contributed by atoms with E-state index in [1.54, 1.807) is 0 Å². The van der Waals surface area contributed by atoms with Crippen molar-refractivity contribution in [3.8, 4) is 0 Å². The minimum absolute atomic E-state index is 0.209. The second-order valence-electron chi connectivity index (χ2n) is 3.51. The first-order valence-electron chi connectivity index (χ1n) is 4.88. The fourth-order valence-electron chi connectivity index (χ4n) is 1.48. The van der Waals surface area contributed by atoms with Crippen LogP contribution in [0.15, 0.2) is 30.3 Å². The molecule has 3 nitrogen and oxygen atoms in total. The summed E-state index contributed by atoms with van der Waals surface area (Å²) in [5.41, 5.74) is 6.60. The van der Waals surface area contributed by atoms with Crippen molar-refractivity contribution in [2.75, 3.05) is 19.8 Å². The summed E-state index contributed by atoms with van der Waals surface area (Å²) in [5, 5.41) is 0. The third-order valence-electron chi connectivity index (χ3n) is 2.37. The fraction of sp³-hybridized carbons (Fsp3) is 0.455. The number of hydrogen-bond acceptors (Lipinski definition) is 3. The summed E-state index contributed by atoms with van der Waals surface area (Å²) in [5.74, 6) is 0.343. The first-order chi connectivity index (χ1) is 6.90. The van der Waals surface area contributed by atoms with Crippen LogP contribution in [0, 0.1) is 5.92 Å². The quantitative estimate of drug-likeness (QED) is 0.770. The van der Waals surface area contributed by atoms with Crippen molar-refractivity contribution in [1.29, 1.82) is 0 Å². The van der Waals surface area contributed by atoms with Crippen LogP contribution in [0.3, 0.4) is 0 Å². The van der Waals surface area contributed by atoms with Gasteiger partial charge in [0.1, 0.15) is 0 Å². The smallest absolute Gasteiger partial charge is 0.183 e. The Morgan fingerprint density at radius 3 is 2.36 bits per heavy atom. The van der Waals surface area contributed by atoms with Gasteiger partial charge in [-0.15, -0.1) is 0 Å². The van der Waals surface area contributed by atoms with E-state index in [0.717, 1.165) is 5.56 Å². The van der Waals surface area contributed by atoms with E-state index >= 15 is 0 Å². The number of hydrogen-bond donors (Lipinski definition) is 1. The highest BCUT2D eigenvalue weighted by molar-refractivity contribution is 5.16. The second-order valence-corrected chi connectivity index (χ2v) is 3.51. The van der Waals surface area contributed by atoms with Crippen molar-refractivity contribution in [2.24, 2.45) is 11.7 Å². The van der Waals surface area contributed by atoms with Crippen molar-refractivity contribution in [3.05, 3.63) is 35.9 Å². The Kier molecular flexibility index (Phi) is 3.14. The van der Waals surface area contributed by atoms with Crippen LogP contribution in [0.1, 0.15) is 11.9 Å². The maximum atomic E-state index is 5.57. The Hall–Kier alpha value is -0.900. The summed E-state index contributed by atoms with van der Waals surface area (Å²) in [4.78, 5) is 0. The summed E-state index contributed by atoms with van der Waals surface area (Å²) in [7, 11) is 0. The summed E-state index contributed by atoms with van der Waals surface area (Å²) in [6, 6.07) is 9.96. The summed E-state index contributed by atoms with van der Waals surface area (Å²) >= 11 is 0. The van der Waals surface area contributed by atoms with Crippen molar-refractivity contribution in [2.45, 2.75) is 6.29 Å². The van der Waals surface area contributed by atoms with E-state index < -0.39 is 0 Å². The Morgan fingerprint density at radius 1 is 1.14 bits per heavy atom. The van der Waals surface area contributed by atoms with Crippen molar-refractivity contribution >= 4 is 0 Å². The number of benzene rings is 1. The van der Waals surface area contributed by atoms with E-state index in [0.29, 0.717) is 25.7 Å². The van der Waals surface area contributed by atoms with Crippen molar-refractivity contribution < 1.29 is 9.47 Å². The first kappa shape index (κ1) is 9.65. The molecule has 0 atom stereocenters. The molecule has 2 rings (SSSR count). The highest BCUT2D eigenvalue weighted by atomic mass is 16.7. The zero-order valence-electron chi connectivity index (χ0n) is 8.06. The molecule has 2 N–H and O–H groups in total. The van der Waals surface area contributed by atoms with Gasteiger partial charge in [0.2, 0.25) is 0 Å². The third-order valence-corrected chi connectivity index (χ3v) is 2.37. The lowest BCUT2D eigenvalue weighted by atomic mass is 10.1. The topological polar surface area (TPSA) is 44.5 Å². The average Bonchev–Trinajstić information content (AvgIpc) is 2.30. The molecule has 1 fully saturated rings. The lowest BCUT2D eigenvalue weighted by molar-refractivity contribution is -0.203. The lowest BCUT2D eigenvalue weighted by Crippen LogP contribution is -2.32. The average molecular weight is 193 g/mol. The molecular weight excluding hydrogens is 178 g/mol. The van der Waals surface area contributed by atoms with Crippen molar-refractivity contribution in [1.82, 2.24) is 0 Å². The molecule has 0 bridgehead atoms. The Morgan fingerprint density at radius 2 is 1.79 bits per heavy atom. The van der Waals surface area contributed by atoms with E-state index in [2.05, 4.69) is 0 Å². The van der Waals surface area contributed by atoms with Gasteiger partial charge >= 0.3 is 0 Å². The van der Waals surface area contributed by atoms with Crippen molar-refractivity contribution in [3.63, 3.8) is 0 Å². The van der Waals surface area contributed by atoms with Gasteiger partial charge in [0.05, 0.1) is 13.2 Å². The molecule has 1 aromatic carbocycles. The molecule has 3 heteroatoms. The molecule has 0 spiro atoms. The van der Waals surface area contributed by atoms with Crippen LogP contribution in [-0.2, 0) is 9.47 Å². The normalized spacial score (nSPS) is 27.5. The third kappa shape index (κ3) is 2.12. The van der Waals surface area contributed by atoms with Gasteiger partial charge in [0.25, 0.3) is 0 Å². The molecule has 0 aliphatic carbocycles. The molecule has 1 aliphatic rings. The van der Waals surface area contributed by atoms with Crippen LogP contribution in [-0.4, -0.2) is 19.8 Å². The minimum Gasteiger partial charge on any atom is -0.348 e. The van der Waals surface area contributed by atoms with Crippen LogP contribution in [0.25, 0.3) is 0 Å². The second kappa shape index (κ2) is 4.55. The van der Waals surface area contributed by atoms with Gasteiger partial charge in [-0.2, -0.15) is 0 Å². The summed E-state index contributed by atoms with van der Waals surface area (Å²) in [6.07, 6.45) is -0.209. The summed E-state index contributed by atoms with van der Waals surface area (Å²) in [6.45, 7) is 2.01. The van der Waals surface area contributed by atoms with E-state index in [1.165, 1.54) is 0 Å². The first-order valence-corrected chi connectivity index (χ1v) is 4.88. The van der Waals surface area contributed by atoms with E-state index in [9.17, 15) is 0 Å². The van der Waals surface area contributed by atoms with Crippen LogP contribution < -0.4 is 5.73 Å². The van der Waals surface area contributed by atoms with Gasteiger partial charge in [-0.3, -0.25) is 0 Å².